The van der Waals surface area contributed by atoms with Crippen LogP contribution in [0.4, 0.5) is 22.7 Å². The van der Waals surface area contributed by atoms with Gasteiger partial charge in [-0.1, -0.05) is 36.4 Å². The molecule has 232 valence electrons. The fourth-order valence-corrected chi connectivity index (χ4v) is 5.91. The van der Waals surface area contributed by atoms with E-state index in [1.807, 2.05) is 0 Å². The third-order valence-electron chi connectivity index (χ3n) is 6.37. The smallest absolute Gasteiger partial charge is 0.744 e. The van der Waals surface area contributed by atoms with Gasteiger partial charge in [0, 0.05) is 5.69 Å². The maximum Gasteiger partial charge on any atom is 1.00 e. The second-order valence-corrected chi connectivity index (χ2v) is 13.4. The first-order valence-corrected chi connectivity index (χ1v) is 16.4. The number of phenols is 1. The molecule has 0 unspecified atom stereocenters. The average molecular weight is 780 g/mol. The topological polar surface area (TPSA) is 218 Å². The number of nitrogens with zero attached hydrogens (tertiary/aromatic N) is 4. The molecule has 0 spiro atoms. The van der Waals surface area contributed by atoms with Gasteiger partial charge in [-0.15, -0.1) is 10.2 Å². The van der Waals surface area contributed by atoms with Crippen molar-refractivity contribution >= 4 is 98.2 Å². The number of halogens is 2. The number of benzene rings is 4. The van der Waals surface area contributed by atoms with Gasteiger partial charge in [-0.2, -0.15) is 0 Å². The van der Waals surface area contributed by atoms with Crippen molar-refractivity contribution in [3.05, 3.63) is 82.6 Å². The number of carbonyl (C=O) groups is 1. The Kier molecular flexibility index (Phi) is 12.5. The summed E-state index contributed by atoms with van der Waals surface area (Å²) in [5, 5.41) is 21.8. The molecule has 47 heavy (non-hydrogen) atoms. The van der Waals surface area contributed by atoms with Crippen LogP contribution in [0, 0.1) is 6.92 Å². The maximum atomic E-state index is 12.3. The minimum atomic E-state index is -5.31. The van der Waals surface area contributed by atoms with Crippen molar-refractivity contribution in [3.8, 4) is 5.75 Å². The predicted molar refractivity (Wildman–Crippen MR) is 167 cm³/mol. The molecule has 1 amide bonds. The molecule has 0 aliphatic heterocycles. The molecule has 5 rings (SSSR count). The van der Waals surface area contributed by atoms with Crippen LogP contribution in [-0.4, -0.2) is 46.6 Å². The number of nitrogens with one attached hydrogen (secondary N) is 2. The van der Waals surface area contributed by atoms with Crippen molar-refractivity contribution in [2.24, 2.45) is 10.2 Å². The van der Waals surface area contributed by atoms with E-state index in [1.165, 1.54) is 10.7 Å². The van der Waals surface area contributed by atoms with Gasteiger partial charge in [0.05, 0.1) is 35.9 Å². The Balaban J connectivity index is 0.00000300. The SMILES string of the molecule is C=C(Br)C(=O)Nc1ccc(S(=O)(=O)[O-])c(N=Nc2c(S(=O)(=O)[O-])cc3ccc4nc(C)n(Nc5ccccc5Cl)c4c3c2O)c1.[Na+].[Na+]. The number of para-hydroxylation sites is 1. The molecule has 5 aromatic rings. The summed E-state index contributed by atoms with van der Waals surface area (Å²) in [5.41, 5.74) is 2.66. The van der Waals surface area contributed by atoms with Crippen molar-refractivity contribution in [1.82, 2.24) is 9.66 Å². The maximum absolute atomic E-state index is 12.3. The number of aryl methyl sites for hydroxylation is 1. The summed E-state index contributed by atoms with van der Waals surface area (Å²) in [6, 6.07) is 13.7. The monoisotopic (exact) mass is 778 g/mol. The third kappa shape index (κ3) is 8.26. The molecule has 0 saturated heterocycles. The van der Waals surface area contributed by atoms with Gasteiger partial charge in [0.1, 0.15) is 43.0 Å². The zero-order valence-corrected chi connectivity index (χ0v) is 32.6. The van der Waals surface area contributed by atoms with E-state index in [-0.39, 0.29) is 85.6 Å². The minimum Gasteiger partial charge on any atom is -0.744 e. The summed E-state index contributed by atoms with van der Waals surface area (Å²) in [6.45, 7) is 5.07. The second kappa shape index (κ2) is 15.0. The third-order valence-corrected chi connectivity index (χ3v) is 8.79. The summed E-state index contributed by atoms with van der Waals surface area (Å²) >= 11 is 9.22. The number of imidazole rings is 1. The Bertz CT molecular complexity index is 2340. The summed E-state index contributed by atoms with van der Waals surface area (Å²) in [6.07, 6.45) is 0. The van der Waals surface area contributed by atoms with E-state index in [4.69, 9.17) is 11.6 Å². The Morgan fingerprint density at radius 3 is 2.28 bits per heavy atom. The van der Waals surface area contributed by atoms with Gasteiger partial charge in [0.25, 0.3) is 5.91 Å². The van der Waals surface area contributed by atoms with E-state index in [9.17, 15) is 35.8 Å². The zero-order chi connectivity index (χ0) is 32.8. The Hall–Kier alpha value is -2.39. The number of aromatic hydroxyl groups is 1. The molecule has 0 bridgehead atoms. The van der Waals surface area contributed by atoms with E-state index in [0.717, 1.165) is 24.3 Å². The molecule has 20 heteroatoms. The molecule has 0 fully saturated rings. The molecule has 1 heterocycles. The number of hydrogen-bond acceptors (Lipinski definition) is 12. The van der Waals surface area contributed by atoms with Crippen LogP contribution in [0.15, 0.2) is 91.7 Å². The van der Waals surface area contributed by atoms with Crippen LogP contribution in [0.3, 0.4) is 0 Å². The standard InChI is InChI=1S/C27H20BrClN6O8S2.2Na/c1-13(28)27(37)31-16-8-10-21(44(38,39)40)20(12-16)32-33-24-22(45(41,42)43)11-15-7-9-19-25(23(15)26(24)36)35(14(2)30-19)34-18-6-4-3-5-17(18)29;;/h3-12,34,36H,1H2,2H3,(H,31,37)(H,38,39,40)(H,41,42,43);;/q;2*+1/p-2. The number of hydrogen-bond donors (Lipinski definition) is 3. The Morgan fingerprint density at radius 2 is 1.66 bits per heavy atom. The van der Waals surface area contributed by atoms with Crippen LogP contribution < -0.4 is 69.9 Å². The van der Waals surface area contributed by atoms with Crippen molar-refractivity contribution < 1.29 is 95.0 Å². The Labute approximate surface area is 325 Å². The van der Waals surface area contributed by atoms with E-state index in [2.05, 4.69) is 48.5 Å². The van der Waals surface area contributed by atoms with Crippen LogP contribution in [0.5, 0.6) is 5.75 Å². The van der Waals surface area contributed by atoms with Crippen LogP contribution in [0.25, 0.3) is 21.8 Å². The fraction of sp³-hybridized carbons (Fsp3) is 0.0370. The summed E-state index contributed by atoms with van der Waals surface area (Å²) < 4.78 is 74.2. The molecular formula is C27H18BrClN6Na2O8S2. The van der Waals surface area contributed by atoms with Gasteiger partial charge in [0.15, 0.2) is 5.75 Å². The van der Waals surface area contributed by atoms with Crippen molar-refractivity contribution in [2.45, 2.75) is 16.7 Å². The van der Waals surface area contributed by atoms with Gasteiger partial charge < -0.3 is 19.5 Å². The molecule has 0 radical (unpaired) electrons. The van der Waals surface area contributed by atoms with E-state index < -0.39 is 53.1 Å². The molecule has 4 aromatic carbocycles. The molecule has 0 aliphatic rings. The molecule has 1 aromatic heterocycles. The van der Waals surface area contributed by atoms with Gasteiger partial charge in [-0.25, -0.2) is 26.5 Å². The van der Waals surface area contributed by atoms with Crippen LogP contribution in [0.2, 0.25) is 5.02 Å². The van der Waals surface area contributed by atoms with E-state index in [0.29, 0.717) is 22.1 Å². The minimum absolute atomic E-state index is 0. The van der Waals surface area contributed by atoms with Crippen LogP contribution in [0.1, 0.15) is 5.82 Å². The molecule has 14 nitrogen and oxygen atoms in total. The molecular weight excluding hydrogens is 762 g/mol. The first kappa shape index (κ1) is 39.1. The molecule has 3 N–H and O–H groups in total. The van der Waals surface area contributed by atoms with Gasteiger partial charge in [-0.05, 0) is 70.7 Å². The number of fused-ring (bicyclic) bond motifs is 3. The summed E-state index contributed by atoms with van der Waals surface area (Å²) in [7, 11) is -10.5. The quantitative estimate of drug-likeness (QED) is 0.0816. The fourth-order valence-electron chi connectivity index (χ4n) is 4.40. The largest absolute Gasteiger partial charge is 1.00 e. The second-order valence-electron chi connectivity index (χ2n) is 9.34. The van der Waals surface area contributed by atoms with E-state index >= 15 is 0 Å². The number of azo groups is 1. The number of phenolic OH excluding ortho intramolecular Hbond substituents is 1. The number of anilines is 2. The number of rotatable bonds is 8. The van der Waals surface area contributed by atoms with Gasteiger partial charge >= 0.3 is 59.1 Å². The molecule has 0 saturated carbocycles. The normalized spacial score (nSPS) is 11.7. The zero-order valence-electron chi connectivity index (χ0n) is 24.6. The van der Waals surface area contributed by atoms with Gasteiger partial charge in [-0.3, -0.25) is 10.2 Å². The Morgan fingerprint density at radius 1 is 1.00 bits per heavy atom. The first-order chi connectivity index (χ1) is 21.1. The average Bonchev–Trinajstić information content (AvgIpc) is 3.27. The van der Waals surface area contributed by atoms with Gasteiger partial charge in [0.2, 0.25) is 0 Å². The first-order valence-electron chi connectivity index (χ1n) is 12.4. The van der Waals surface area contributed by atoms with Crippen LogP contribution in [-0.2, 0) is 25.0 Å². The summed E-state index contributed by atoms with van der Waals surface area (Å²) in [5.74, 6) is -1.11. The van der Waals surface area contributed by atoms with Crippen molar-refractivity contribution in [3.63, 3.8) is 0 Å². The number of carbonyl (C=O) groups excluding carboxylic acids is 1. The number of amides is 1. The van der Waals surface area contributed by atoms with Crippen molar-refractivity contribution in [2.75, 3.05) is 10.7 Å². The summed E-state index contributed by atoms with van der Waals surface area (Å²) in [4.78, 5) is 14.6. The van der Waals surface area contributed by atoms with E-state index in [1.54, 1.807) is 37.3 Å². The van der Waals surface area contributed by atoms with Crippen molar-refractivity contribution in [1.29, 1.82) is 0 Å². The molecule has 0 atom stereocenters. The van der Waals surface area contributed by atoms with Crippen LogP contribution >= 0.6 is 27.5 Å². The molecule has 0 aliphatic carbocycles. The predicted octanol–water partition coefficient (Wildman–Crippen LogP) is -0.189. The number of aromatic nitrogens is 2.